The van der Waals surface area contributed by atoms with Gasteiger partial charge in [-0.15, -0.1) is 0 Å². The lowest BCUT2D eigenvalue weighted by Gasteiger charge is -2.19. The number of hydrogen-bond donors (Lipinski definition) is 3. The van der Waals surface area contributed by atoms with E-state index in [4.69, 9.17) is 34.1 Å². The lowest BCUT2D eigenvalue weighted by atomic mass is 10.0. The number of nitrogens with two attached hydrogens (primary N) is 1. The molecule has 0 saturated heterocycles. The van der Waals surface area contributed by atoms with E-state index in [2.05, 4.69) is 10.5 Å². The van der Waals surface area contributed by atoms with Gasteiger partial charge >= 0.3 is 0 Å². The average Bonchev–Trinajstić information content (AvgIpc) is 2.90. The Morgan fingerprint density at radius 2 is 2.14 bits per heavy atom. The molecule has 21 heavy (non-hydrogen) atoms. The maximum Gasteiger partial charge on any atom is 0.224 e. The number of amides is 1. The van der Waals surface area contributed by atoms with E-state index < -0.39 is 0 Å². The van der Waals surface area contributed by atoms with Crippen LogP contribution in [0.15, 0.2) is 23.4 Å². The molecule has 0 bridgehead atoms. The fourth-order valence-electron chi connectivity index (χ4n) is 2.65. The highest BCUT2D eigenvalue weighted by Crippen LogP contribution is 2.26. The number of nitrogens with one attached hydrogen (secondary N) is 1. The first-order chi connectivity index (χ1) is 10.0. The summed E-state index contributed by atoms with van der Waals surface area (Å²) >= 11 is 11.8. The number of oxime groups is 1. The zero-order valence-corrected chi connectivity index (χ0v) is 12.9. The van der Waals surface area contributed by atoms with Crippen LogP contribution in [0.2, 0.25) is 10.0 Å². The molecule has 5 nitrogen and oxygen atoms in total. The molecular weight excluding hydrogens is 313 g/mol. The van der Waals surface area contributed by atoms with Crippen LogP contribution < -0.4 is 11.1 Å². The number of hydrogen-bond acceptors (Lipinski definition) is 3. The Balaban J connectivity index is 1.96. The normalized spacial score (nSPS) is 22.3. The monoisotopic (exact) mass is 329 g/mol. The molecule has 1 aromatic carbocycles. The second-order valence-electron chi connectivity index (χ2n) is 5.16. The quantitative estimate of drug-likeness (QED) is 0.343. The summed E-state index contributed by atoms with van der Waals surface area (Å²) in [6.45, 7) is 0. The Bertz CT molecular complexity index is 563. The molecule has 2 unspecified atom stereocenters. The standard InChI is InChI=1S/C14H17Cl2N3O2/c15-10-5-4-8(6-11(10)16)7-13(20)18-12-3-1-2-9(12)14(17)19-21/h4-6,9,12,21H,1-3,7H2,(H2,17,19)(H,18,20). The van der Waals surface area contributed by atoms with Crippen LogP contribution >= 0.6 is 23.2 Å². The van der Waals surface area contributed by atoms with Gasteiger partial charge in [0.05, 0.1) is 16.5 Å². The third-order valence-corrected chi connectivity index (χ3v) is 4.45. The molecule has 0 aromatic heterocycles. The highest BCUT2D eigenvalue weighted by molar-refractivity contribution is 6.42. The van der Waals surface area contributed by atoms with Gasteiger partial charge in [0.2, 0.25) is 5.91 Å². The molecule has 1 saturated carbocycles. The first-order valence-electron chi connectivity index (χ1n) is 6.72. The maximum atomic E-state index is 12.1. The molecule has 0 heterocycles. The minimum atomic E-state index is -0.115. The molecule has 1 aliphatic carbocycles. The van der Waals surface area contributed by atoms with Gasteiger partial charge in [0.25, 0.3) is 0 Å². The van der Waals surface area contributed by atoms with Crippen molar-refractivity contribution >= 4 is 34.9 Å². The van der Waals surface area contributed by atoms with Crippen LogP contribution in [0.5, 0.6) is 0 Å². The van der Waals surface area contributed by atoms with Crippen molar-refractivity contribution in [3.8, 4) is 0 Å². The fourth-order valence-corrected chi connectivity index (χ4v) is 2.97. The molecule has 4 N–H and O–H groups in total. The van der Waals surface area contributed by atoms with Crippen LogP contribution in [0.3, 0.4) is 0 Å². The predicted molar refractivity (Wildman–Crippen MR) is 82.8 cm³/mol. The predicted octanol–water partition coefficient (Wildman–Crippen LogP) is 2.57. The van der Waals surface area contributed by atoms with E-state index in [0.717, 1.165) is 24.8 Å². The van der Waals surface area contributed by atoms with Crippen molar-refractivity contribution in [2.24, 2.45) is 16.8 Å². The highest BCUT2D eigenvalue weighted by atomic mass is 35.5. The maximum absolute atomic E-state index is 12.1. The van der Waals surface area contributed by atoms with Gasteiger partial charge in [0.1, 0.15) is 5.84 Å². The number of rotatable bonds is 4. The van der Waals surface area contributed by atoms with E-state index in [1.54, 1.807) is 18.2 Å². The summed E-state index contributed by atoms with van der Waals surface area (Å²) in [6.07, 6.45) is 2.80. The van der Waals surface area contributed by atoms with Crippen molar-refractivity contribution in [1.82, 2.24) is 5.32 Å². The van der Waals surface area contributed by atoms with E-state index in [0.29, 0.717) is 10.0 Å². The van der Waals surface area contributed by atoms with Crippen molar-refractivity contribution in [2.75, 3.05) is 0 Å². The molecular formula is C14H17Cl2N3O2. The van der Waals surface area contributed by atoms with Gasteiger partial charge in [-0.25, -0.2) is 0 Å². The van der Waals surface area contributed by atoms with Gasteiger partial charge in [0, 0.05) is 12.0 Å². The smallest absolute Gasteiger partial charge is 0.224 e. The Hall–Kier alpha value is -1.46. The number of benzene rings is 1. The topological polar surface area (TPSA) is 87.7 Å². The zero-order chi connectivity index (χ0) is 15.4. The largest absolute Gasteiger partial charge is 0.409 e. The number of carbonyl (C=O) groups excluding carboxylic acids is 1. The Morgan fingerprint density at radius 3 is 2.81 bits per heavy atom. The van der Waals surface area contributed by atoms with Crippen molar-refractivity contribution < 1.29 is 10.0 Å². The third kappa shape index (κ3) is 4.02. The van der Waals surface area contributed by atoms with E-state index in [9.17, 15) is 4.79 Å². The van der Waals surface area contributed by atoms with Gasteiger partial charge in [-0.3, -0.25) is 4.79 Å². The molecule has 114 valence electrons. The second kappa shape index (κ2) is 7.00. The minimum absolute atomic E-state index is 0.0869. The summed E-state index contributed by atoms with van der Waals surface area (Å²) < 4.78 is 0. The molecule has 1 aromatic rings. The van der Waals surface area contributed by atoms with Crippen molar-refractivity contribution in [1.29, 1.82) is 0 Å². The molecule has 0 aliphatic heterocycles. The van der Waals surface area contributed by atoms with Gasteiger partial charge in [-0.1, -0.05) is 40.8 Å². The zero-order valence-electron chi connectivity index (χ0n) is 11.4. The van der Waals surface area contributed by atoms with Crippen LogP contribution in [-0.4, -0.2) is 23.0 Å². The first kappa shape index (κ1) is 15.9. The minimum Gasteiger partial charge on any atom is -0.409 e. The summed E-state index contributed by atoms with van der Waals surface area (Å²) in [4.78, 5) is 12.1. The van der Waals surface area contributed by atoms with Gasteiger partial charge in [-0.2, -0.15) is 0 Å². The van der Waals surface area contributed by atoms with E-state index in [1.165, 1.54) is 0 Å². The molecule has 0 radical (unpaired) electrons. The van der Waals surface area contributed by atoms with Crippen LogP contribution in [-0.2, 0) is 11.2 Å². The molecule has 1 amide bonds. The highest BCUT2D eigenvalue weighted by Gasteiger charge is 2.31. The van der Waals surface area contributed by atoms with Crippen LogP contribution in [0.4, 0.5) is 0 Å². The summed E-state index contributed by atoms with van der Waals surface area (Å²) in [6, 6.07) is 5.03. The Morgan fingerprint density at radius 1 is 1.38 bits per heavy atom. The molecule has 2 rings (SSSR count). The first-order valence-corrected chi connectivity index (χ1v) is 7.47. The molecule has 7 heteroatoms. The van der Waals surface area contributed by atoms with E-state index >= 15 is 0 Å². The van der Waals surface area contributed by atoms with E-state index in [1.807, 2.05) is 0 Å². The lowest BCUT2D eigenvalue weighted by molar-refractivity contribution is -0.121. The molecule has 1 fully saturated rings. The summed E-state index contributed by atoms with van der Waals surface area (Å²) in [5.41, 5.74) is 6.44. The Labute approximate surface area is 133 Å². The SMILES string of the molecule is NC(=NO)C1CCCC1NC(=O)Cc1ccc(Cl)c(Cl)c1. The molecule has 1 aliphatic rings. The van der Waals surface area contributed by atoms with E-state index in [-0.39, 0.29) is 30.1 Å². The van der Waals surface area contributed by atoms with Crippen LogP contribution in [0, 0.1) is 5.92 Å². The van der Waals surface area contributed by atoms with Gasteiger partial charge in [0.15, 0.2) is 0 Å². The van der Waals surface area contributed by atoms with Gasteiger partial charge in [-0.05, 0) is 30.5 Å². The average molecular weight is 330 g/mol. The summed E-state index contributed by atoms with van der Waals surface area (Å²) in [5.74, 6) is -0.0453. The van der Waals surface area contributed by atoms with Crippen molar-refractivity contribution in [3.63, 3.8) is 0 Å². The Kier molecular flexibility index (Phi) is 5.31. The van der Waals surface area contributed by atoms with Crippen molar-refractivity contribution in [2.45, 2.75) is 31.7 Å². The van der Waals surface area contributed by atoms with Crippen LogP contribution in [0.25, 0.3) is 0 Å². The second-order valence-corrected chi connectivity index (χ2v) is 5.98. The summed E-state index contributed by atoms with van der Waals surface area (Å²) in [5, 5.41) is 15.6. The fraction of sp³-hybridized carbons (Fsp3) is 0.429. The van der Waals surface area contributed by atoms with Crippen molar-refractivity contribution in [3.05, 3.63) is 33.8 Å². The third-order valence-electron chi connectivity index (χ3n) is 3.71. The number of halogens is 2. The lowest BCUT2D eigenvalue weighted by Crippen LogP contribution is -2.43. The number of amidine groups is 1. The van der Waals surface area contributed by atoms with Crippen LogP contribution in [0.1, 0.15) is 24.8 Å². The number of carbonyl (C=O) groups is 1. The van der Waals surface area contributed by atoms with Gasteiger partial charge < -0.3 is 16.3 Å². The molecule has 2 atom stereocenters. The summed E-state index contributed by atoms with van der Waals surface area (Å²) in [7, 11) is 0. The molecule has 0 spiro atoms. The number of nitrogens with zero attached hydrogens (tertiary/aromatic N) is 1.